The Morgan fingerprint density at radius 3 is 2.53 bits per heavy atom. The number of amides is 1. The van der Waals surface area contributed by atoms with Gasteiger partial charge < -0.3 is 19.7 Å². The van der Waals surface area contributed by atoms with Crippen molar-refractivity contribution < 1.29 is 28.9 Å². The van der Waals surface area contributed by atoms with Gasteiger partial charge in [-0.15, -0.1) is 11.3 Å². The zero-order valence-electron chi connectivity index (χ0n) is 24.0. The van der Waals surface area contributed by atoms with Gasteiger partial charge in [0.1, 0.15) is 11.1 Å². The van der Waals surface area contributed by atoms with Crippen LogP contribution in [0.4, 0.5) is 14.9 Å². The molecule has 0 aliphatic heterocycles. The second kappa shape index (κ2) is 11.9. The van der Waals surface area contributed by atoms with Crippen molar-refractivity contribution in [2.45, 2.75) is 51.9 Å². The minimum absolute atomic E-state index is 0.0356. The zero-order chi connectivity index (χ0) is 31.1. The van der Waals surface area contributed by atoms with E-state index in [0.717, 1.165) is 4.90 Å². The van der Waals surface area contributed by atoms with Gasteiger partial charge in [-0.25, -0.2) is 24.1 Å². The van der Waals surface area contributed by atoms with E-state index >= 15 is 4.39 Å². The quantitative estimate of drug-likeness (QED) is 0.182. The van der Waals surface area contributed by atoms with E-state index in [1.165, 1.54) is 36.9 Å². The van der Waals surface area contributed by atoms with Crippen molar-refractivity contribution in [3.05, 3.63) is 65.3 Å². The molecule has 0 aliphatic carbocycles. The number of nitrogens with zero attached hydrogens (tertiary/aromatic N) is 5. The van der Waals surface area contributed by atoms with E-state index in [1.54, 1.807) is 58.0 Å². The molecule has 0 bridgehead atoms. The van der Waals surface area contributed by atoms with Gasteiger partial charge in [0.05, 0.1) is 58.1 Å². The number of fused-ring (bicyclic) bond motifs is 2. The molecule has 10 nitrogen and oxygen atoms in total. The van der Waals surface area contributed by atoms with Crippen LogP contribution in [-0.4, -0.2) is 61.1 Å². The molecule has 2 aromatic carbocycles. The van der Waals surface area contributed by atoms with Crippen molar-refractivity contribution in [1.82, 2.24) is 19.9 Å². The van der Waals surface area contributed by atoms with Crippen LogP contribution in [0.2, 0.25) is 5.02 Å². The van der Waals surface area contributed by atoms with Gasteiger partial charge in [-0.1, -0.05) is 11.6 Å². The number of benzene rings is 2. The second-order valence-corrected chi connectivity index (χ2v) is 12.2. The van der Waals surface area contributed by atoms with Gasteiger partial charge in [-0.3, -0.25) is 9.88 Å². The summed E-state index contributed by atoms with van der Waals surface area (Å²) in [6, 6.07) is 8.82. The number of carbonyl (C=O) groups is 1. The topological polar surface area (TPSA) is 131 Å². The van der Waals surface area contributed by atoms with Gasteiger partial charge in [0, 0.05) is 34.8 Å². The fourth-order valence-electron chi connectivity index (χ4n) is 4.61. The van der Waals surface area contributed by atoms with Crippen LogP contribution in [0.1, 0.15) is 33.4 Å². The Morgan fingerprint density at radius 1 is 1.12 bits per heavy atom. The number of hydrogen-bond acceptors (Lipinski definition) is 9. The molecule has 0 radical (unpaired) electrons. The Hall–Kier alpha value is -4.13. The van der Waals surface area contributed by atoms with E-state index < -0.39 is 29.7 Å². The maximum Gasteiger partial charge on any atom is 0.412 e. The van der Waals surface area contributed by atoms with E-state index in [1.807, 2.05) is 0 Å². The van der Waals surface area contributed by atoms with Gasteiger partial charge in [-0.2, -0.15) is 0 Å². The standard InChI is InChI=1S/C30H29ClFN5O5S/c1-15(37(29(38)39)19-7-6-18(33-13-19)12-30(3,4)40)16(2)42-24-11-25-22(10-21(24)32)36-28(43-25)20-8-17(31)9-23-27(20)34-14-26(35-23)41-5/h6-11,13-16,40H,12H2,1-5H3,(H,38,39)/t15?,16-/m0/s1. The number of rotatable bonds is 9. The van der Waals surface area contributed by atoms with Crippen LogP contribution in [-0.2, 0) is 6.42 Å². The lowest BCUT2D eigenvalue weighted by Gasteiger charge is -2.31. The highest BCUT2D eigenvalue weighted by molar-refractivity contribution is 7.21. The molecular formula is C30H29ClFN5O5S. The molecular weight excluding hydrogens is 597 g/mol. The number of aromatic nitrogens is 4. The largest absolute Gasteiger partial charge is 0.485 e. The maximum absolute atomic E-state index is 15.2. The molecule has 13 heteroatoms. The molecule has 0 spiro atoms. The van der Waals surface area contributed by atoms with Gasteiger partial charge in [0.25, 0.3) is 0 Å². The van der Waals surface area contributed by atoms with E-state index in [9.17, 15) is 15.0 Å². The molecule has 5 rings (SSSR count). The minimum Gasteiger partial charge on any atom is -0.485 e. The summed E-state index contributed by atoms with van der Waals surface area (Å²) in [6.07, 6.45) is 1.30. The zero-order valence-corrected chi connectivity index (χ0v) is 25.6. The third-order valence-electron chi connectivity index (χ3n) is 6.78. The molecule has 2 atom stereocenters. The third kappa shape index (κ3) is 6.61. The summed E-state index contributed by atoms with van der Waals surface area (Å²) in [6.45, 7) is 6.68. The number of halogens is 2. The van der Waals surface area contributed by atoms with Crippen LogP contribution in [0.5, 0.6) is 11.6 Å². The van der Waals surface area contributed by atoms with E-state index in [-0.39, 0.29) is 5.75 Å². The Kier molecular flexibility index (Phi) is 8.37. The first-order valence-corrected chi connectivity index (χ1v) is 14.5. The van der Waals surface area contributed by atoms with E-state index in [2.05, 4.69) is 19.9 Å². The molecule has 0 saturated heterocycles. The summed E-state index contributed by atoms with van der Waals surface area (Å²) in [5.74, 6) is -0.326. The molecule has 224 valence electrons. The summed E-state index contributed by atoms with van der Waals surface area (Å²) >= 11 is 7.67. The molecule has 43 heavy (non-hydrogen) atoms. The van der Waals surface area contributed by atoms with Gasteiger partial charge in [0.2, 0.25) is 5.88 Å². The number of carboxylic acid groups (broad SMARTS) is 1. The smallest absolute Gasteiger partial charge is 0.412 e. The molecule has 0 aliphatic rings. The molecule has 3 aromatic heterocycles. The van der Waals surface area contributed by atoms with Crippen molar-refractivity contribution in [3.63, 3.8) is 0 Å². The average molecular weight is 626 g/mol. The number of methoxy groups -OCH3 is 1. The Labute approximate surface area is 255 Å². The Balaban J connectivity index is 1.41. The summed E-state index contributed by atoms with van der Waals surface area (Å²) < 4.78 is 27.0. The molecule has 1 amide bonds. The maximum atomic E-state index is 15.2. The van der Waals surface area contributed by atoms with Crippen LogP contribution in [0.15, 0.2) is 48.8 Å². The first-order valence-electron chi connectivity index (χ1n) is 13.3. The van der Waals surface area contributed by atoms with Crippen LogP contribution < -0.4 is 14.4 Å². The van der Waals surface area contributed by atoms with Crippen LogP contribution in [0.3, 0.4) is 0 Å². The SMILES string of the molecule is COc1cnc2c(-c3nc4cc(F)c(O[C@@H](C)C(C)N(C(=O)O)c5ccc(CC(C)(C)O)nc5)cc4s3)cc(Cl)cc2n1. The van der Waals surface area contributed by atoms with Crippen molar-refractivity contribution in [2.75, 3.05) is 12.0 Å². The monoisotopic (exact) mass is 625 g/mol. The highest BCUT2D eigenvalue weighted by atomic mass is 35.5. The number of thiazole rings is 1. The minimum atomic E-state index is -1.21. The van der Waals surface area contributed by atoms with Crippen LogP contribution in [0.25, 0.3) is 31.8 Å². The van der Waals surface area contributed by atoms with Crippen molar-refractivity contribution >= 4 is 56.0 Å². The number of anilines is 1. The van der Waals surface area contributed by atoms with E-state index in [0.29, 0.717) is 60.5 Å². The second-order valence-electron chi connectivity index (χ2n) is 10.7. The molecule has 3 heterocycles. The van der Waals surface area contributed by atoms with Crippen molar-refractivity contribution in [1.29, 1.82) is 0 Å². The lowest BCUT2D eigenvalue weighted by atomic mass is 10.0. The summed E-state index contributed by atoms with van der Waals surface area (Å²) in [5, 5.41) is 21.0. The Bertz CT molecular complexity index is 1810. The summed E-state index contributed by atoms with van der Waals surface area (Å²) in [7, 11) is 1.50. The predicted molar refractivity (Wildman–Crippen MR) is 164 cm³/mol. The van der Waals surface area contributed by atoms with Gasteiger partial charge in [0.15, 0.2) is 11.6 Å². The normalized spacial score (nSPS) is 13.2. The summed E-state index contributed by atoms with van der Waals surface area (Å²) in [4.78, 5) is 31.1. The molecule has 0 saturated carbocycles. The van der Waals surface area contributed by atoms with Gasteiger partial charge in [-0.05, 0) is 52.0 Å². The first kappa shape index (κ1) is 30.3. The van der Waals surface area contributed by atoms with Crippen LogP contribution in [0, 0.1) is 5.82 Å². The number of hydrogen-bond donors (Lipinski definition) is 2. The molecule has 0 fully saturated rings. The highest BCUT2D eigenvalue weighted by Crippen LogP contribution is 2.38. The highest BCUT2D eigenvalue weighted by Gasteiger charge is 2.29. The number of pyridine rings is 1. The number of ether oxygens (including phenoxy) is 2. The molecule has 2 N–H and O–H groups in total. The Morgan fingerprint density at radius 2 is 1.88 bits per heavy atom. The lowest BCUT2D eigenvalue weighted by molar-refractivity contribution is 0.0799. The number of aliphatic hydroxyl groups is 1. The molecule has 1 unspecified atom stereocenters. The van der Waals surface area contributed by atoms with E-state index in [4.69, 9.17) is 21.1 Å². The average Bonchev–Trinajstić information content (AvgIpc) is 3.34. The fraction of sp³-hybridized carbons (Fsp3) is 0.300. The lowest BCUT2D eigenvalue weighted by Crippen LogP contribution is -2.46. The van der Waals surface area contributed by atoms with Crippen molar-refractivity contribution in [2.24, 2.45) is 0 Å². The van der Waals surface area contributed by atoms with Crippen molar-refractivity contribution in [3.8, 4) is 22.2 Å². The third-order valence-corrected chi connectivity index (χ3v) is 8.05. The molecule has 5 aromatic rings. The van der Waals surface area contributed by atoms with Crippen LogP contribution >= 0.6 is 22.9 Å². The fourth-order valence-corrected chi connectivity index (χ4v) is 5.81. The first-order chi connectivity index (χ1) is 20.3. The summed E-state index contributed by atoms with van der Waals surface area (Å²) in [5.41, 5.74) is 2.16. The van der Waals surface area contributed by atoms with Gasteiger partial charge >= 0.3 is 6.09 Å². The predicted octanol–water partition coefficient (Wildman–Crippen LogP) is 6.76.